The van der Waals surface area contributed by atoms with Gasteiger partial charge in [-0.15, -0.1) is 11.3 Å². The number of nitrogens with zero attached hydrogens (tertiary/aromatic N) is 6. The van der Waals surface area contributed by atoms with Crippen LogP contribution >= 0.6 is 11.3 Å². The van der Waals surface area contributed by atoms with E-state index in [0.717, 1.165) is 16.1 Å². The number of hydrogen-bond acceptors (Lipinski definition) is 7. The van der Waals surface area contributed by atoms with E-state index in [2.05, 4.69) is 19.9 Å². The van der Waals surface area contributed by atoms with Gasteiger partial charge in [0.15, 0.2) is 0 Å². The molecule has 0 spiro atoms. The highest BCUT2D eigenvalue weighted by atomic mass is 32.1. The lowest BCUT2D eigenvalue weighted by molar-refractivity contribution is 0.0745. The van der Waals surface area contributed by atoms with Crippen LogP contribution in [0.25, 0.3) is 21.8 Å². The molecular formula is C23H19FN6OS. The van der Waals surface area contributed by atoms with Gasteiger partial charge >= 0.3 is 0 Å². The van der Waals surface area contributed by atoms with Crippen LogP contribution in [0.5, 0.6) is 0 Å². The van der Waals surface area contributed by atoms with Gasteiger partial charge in [0.2, 0.25) is 5.95 Å². The van der Waals surface area contributed by atoms with Crippen molar-refractivity contribution in [1.82, 2.24) is 24.8 Å². The summed E-state index contributed by atoms with van der Waals surface area (Å²) in [6.45, 7) is 2.21. The van der Waals surface area contributed by atoms with E-state index < -0.39 is 5.82 Å². The topological polar surface area (TPSA) is 75.1 Å². The number of benzene rings is 1. The van der Waals surface area contributed by atoms with Gasteiger partial charge in [0.25, 0.3) is 5.91 Å². The Morgan fingerprint density at radius 2 is 1.88 bits per heavy atom. The average Bonchev–Trinajstić information content (AvgIpc) is 3.39. The number of piperazine rings is 1. The summed E-state index contributed by atoms with van der Waals surface area (Å²) < 4.78 is 13.5. The molecule has 0 aliphatic carbocycles. The summed E-state index contributed by atoms with van der Waals surface area (Å²) >= 11 is 1.60. The molecule has 1 saturated heterocycles. The van der Waals surface area contributed by atoms with Crippen LogP contribution in [-0.2, 0) is 0 Å². The normalized spacial score (nSPS) is 13.9. The molecule has 0 radical (unpaired) electrons. The SMILES string of the molecule is O=C(c1cccc(F)c1)N1CCN(c2ncc(-c3cnccn3)c(-c3cccs3)n2)CC1. The lowest BCUT2D eigenvalue weighted by Gasteiger charge is -2.35. The fourth-order valence-electron chi connectivity index (χ4n) is 3.67. The summed E-state index contributed by atoms with van der Waals surface area (Å²) in [6.07, 6.45) is 6.77. The number of amides is 1. The number of carbonyl (C=O) groups excluding carboxylic acids is 1. The predicted octanol–water partition coefficient (Wildman–Crippen LogP) is 3.76. The number of halogens is 1. The Morgan fingerprint density at radius 1 is 1.00 bits per heavy atom. The van der Waals surface area contributed by atoms with Crippen LogP contribution < -0.4 is 4.90 Å². The number of hydrogen-bond donors (Lipinski definition) is 0. The van der Waals surface area contributed by atoms with Gasteiger partial charge in [0, 0.05) is 55.9 Å². The minimum atomic E-state index is -0.410. The van der Waals surface area contributed by atoms with Crippen molar-refractivity contribution in [1.29, 1.82) is 0 Å². The minimum Gasteiger partial charge on any atom is -0.337 e. The second-order valence-electron chi connectivity index (χ2n) is 7.29. The quantitative estimate of drug-likeness (QED) is 0.475. The smallest absolute Gasteiger partial charge is 0.254 e. The minimum absolute atomic E-state index is 0.164. The van der Waals surface area contributed by atoms with E-state index in [9.17, 15) is 9.18 Å². The molecule has 1 fully saturated rings. The first-order chi connectivity index (χ1) is 15.7. The Kier molecular flexibility index (Phi) is 5.55. The molecule has 0 saturated carbocycles. The zero-order chi connectivity index (χ0) is 21.9. The second kappa shape index (κ2) is 8.80. The summed E-state index contributed by atoms with van der Waals surface area (Å²) in [5, 5.41) is 2.01. The van der Waals surface area contributed by atoms with Gasteiger partial charge in [-0.2, -0.15) is 0 Å². The number of rotatable bonds is 4. The van der Waals surface area contributed by atoms with E-state index >= 15 is 0 Å². The van der Waals surface area contributed by atoms with Gasteiger partial charge in [-0.3, -0.25) is 14.8 Å². The van der Waals surface area contributed by atoms with Crippen LogP contribution in [0.3, 0.4) is 0 Å². The average molecular weight is 447 g/mol. The van der Waals surface area contributed by atoms with Crippen molar-refractivity contribution >= 4 is 23.2 Å². The molecule has 4 heterocycles. The Balaban J connectivity index is 1.37. The molecule has 4 aromatic rings. The number of carbonyl (C=O) groups is 1. The maximum absolute atomic E-state index is 13.5. The maximum Gasteiger partial charge on any atom is 0.254 e. The Labute approximate surface area is 188 Å². The Bertz CT molecular complexity index is 1230. The van der Waals surface area contributed by atoms with Crippen molar-refractivity contribution in [3.8, 4) is 21.8 Å². The third kappa shape index (κ3) is 4.06. The van der Waals surface area contributed by atoms with E-state index in [4.69, 9.17) is 4.98 Å². The molecule has 0 unspecified atom stereocenters. The molecule has 7 nitrogen and oxygen atoms in total. The van der Waals surface area contributed by atoms with Crippen molar-refractivity contribution in [2.75, 3.05) is 31.1 Å². The largest absolute Gasteiger partial charge is 0.337 e. The molecule has 1 aromatic carbocycles. The predicted molar refractivity (Wildman–Crippen MR) is 121 cm³/mol. The molecule has 160 valence electrons. The van der Waals surface area contributed by atoms with Gasteiger partial charge in [0.05, 0.1) is 22.5 Å². The summed E-state index contributed by atoms with van der Waals surface area (Å²) in [6, 6.07) is 9.81. The molecule has 1 aliphatic heterocycles. The van der Waals surface area contributed by atoms with Crippen LogP contribution in [-0.4, -0.2) is 56.9 Å². The van der Waals surface area contributed by atoms with Crippen molar-refractivity contribution < 1.29 is 9.18 Å². The van der Waals surface area contributed by atoms with E-state index in [1.807, 2.05) is 17.5 Å². The Hall–Kier alpha value is -3.72. The number of aromatic nitrogens is 4. The molecular weight excluding hydrogens is 427 g/mol. The van der Waals surface area contributed by atoms with Gasteiger partial charge in [-0.05, 0) is 29.6 Å². The lowest BCUT2D eigenvalue weighted by atomic mass is 10.1. The summed E-state index contributed by atoms with van der Waals surface area (Å²) in [4.78, 5) is 35.5. The monoisotopic (exact) mass is 446 g/mol. The highest BCUT2D eigenvalue weighted by Gasteiger charge is 2.25. The van der Waals surface area contributed by atoms with Gasteiger partial charge in [-0.25, -0.2) is 14.4 Å². The third-order valence-electron chi connectivity index (χ3n) is 5.29. The van der Waals surface area contributed by atoms with Gasteiger partial charge in [-0.1, -0.05) is 12.1 Å². The van der Waals surface area contributed by atoms with E-state index in [1.165, 1.54) is 12.1 Å². The zero-order valence-electron chi connectivity index (χ0n) is 17.1. The van der Waals surface area contributed by atoms with E-state index in [-0.39, 0.29) is 5.91 Å². The third-order valence-corrected chi connectivity index (χ3v) is 6.17. The fourth-order valence-corrected chi connectivity index (χ4v) is 4.39. The van der Waals surface area contributed by atoms with Crippen LogP contribution in [0, 0.1) is 5.82 Å². The molecule has 1 amide bonds. The van der Waals surface area contributed by atoms with Crippen molar-refractivity contribution in [2.45, 2.75) is 0 Å². The van der Waals surface area contributed by atoms with Crippen LogP contribution in [0.15, 0.2) is 66.6 Å². The van der Waals surface area contributed by atoms with Crippen molar-refractivity contribution in [3.05, 3.63) is 77.9 Å². The van der Waals surface area contributed by atoms with Crippen molar-refractivity contribution in [3.63, 3.8) is 0 Å². The molecule has 3 aromatic heterocycles. The van der Waals surface area contributed by atoms with Crippen LogP contribution in [0.4, 0.5) is 10.3 Å². The first-order valence-electron chi connectivity index (χ1n) is 10.2. The first-order valence-corrected chi connectivity index (χ1v) is 11.0. The van der Waals surface area contributed by atoms with Crippen LogP contribution in [0.2, 0.25) is 0 Å². The number of anilines is 1. The molecule has 0 N–H and O–H groups in total. The molecule has 0 atom stereocenters. The lowest BCUT2D eigenvalue weighted by Crippen LogP contribution is -2.49. The molecule has 32 heavy (non-hydrogen) atoms. The zero-order valence-corrected chi connectivity index (χ0v) is 17.9. The highest BCUT2D eigenvalue weighted by Crippen LogP contribution is 2.33. The summed E-state index contributed by atoms with van der Waals surface area (Å²) in [7, 11) is 0. The highest BCUT2D eigenvalue weighted by molar-refractivity contribution is 7.13. The molecule has 9 heteroatoms. The van der Waals surface area contributed by atoms with E-state index in [1.54, 1.807) is 53.2 Å². The van der Waals surface area contributed by atoms with Gasteiger partial charge in [0.1, 0.15) is 5.82 Å². The second-order valence-corrected chi connectivity index (χ2v) is 8.24. The fraction of sp³-hybridized carbons (Fsp3) is 0.174. The standard InChI is InChI=1S/C23H19FN6OS/c24-17-4-1-3-16(13-17)22(31)29-8-10-30(11-9-29)23-27-14-18(19-15-25-6-7-26-19)21(28-23)20-5-2-12-32-20/h1-7,12-15H,8-11H2. The number of thiophene rings is 1. The molecule has 0 bridgehead atoms. The molecule has 5 rings (SSSR count). The summed E-state index contributed by atoms with van der Waals surface area (Å²) in [5.74, 6) is 0.0356. The van der Waals surface area contributed by atoms with Crippen LogP contribution in [0.1, 0.15) is 10.4 Å². The first kappa shape index (κ1) is 20.2. The molecule has 1 aliphatic rings. The Morgan fingerprint density at radius 3 is 2.59 bits per heavy atom. The van der Waals surface area contributed by atoms with Crippen molar-refractivity contribution in [2.24, 2.45) is 0 Å². The summed E-state index contributed by atoms with van der Waals surface area (Å²) in [5.41, 5.74) is 2.71. The van der Waals surface area contributed by atoms with Gasteiger partial charge < -0.3 is 9.80 Å². The maximum atomic E-state index is 13.5. The van der Waals surface area contributed by atoms with E-state index in [0.29, 0.717) is 43.4 Å².